The summed E-state index contributed by atoms with van der Waals surface area (Å²) in [4.78, 5) is 7.98. The van der Waals surface area contributed by atoms with Crippen molar-refractivity contribution in [2.75, 3.05) is 44.8 Å². The third kappa shape index (κ3) is 7.06. The molecule has 0 unspecified atom stereocenters. The molecule has 17 heavy (non-hydrogen) atoms. The van der Waals surface area contributed by atoms with Gasteiger partial charge in [0.1, 0.15) is 5.15 Å². The summed E-state index contributed by atoms with van der Waals surface area (Å²) in [7, 11) is 0. The van der Waals surface area contributed by atoms with E-state index in [0.717, 1.165) is 0 Å². The minimum absolute atomic E-state index is 0.415. The molecule has 0 aliphatic rings. The van der Waals surface area contributed by atoms with Gasteiger partial charge in [-0.3, -0.25) is 0 Å². The van der Waals surface area contributed by atoms with E-state index >= 15 is 0 Å². The minimum Gasteiger partial charge on any atom is -0.378 e. The number of hydrogen-bond acceptors (Lipinski definition) is 6. The largest absolute Gasteiger partial charge is 0.378 e. The highest BCUT2D eigenvalue weighted by Gasteiger charge is 1.96. The second kappa shape index (κ2) is 9.12. The van der Waals surface area contributed by atoms with Crippen molar-refractivity contribution in [1.29, 1.82) is 0 Å². The van der Waals surface area contributed by atoms with Gasteiger partial charge < -0.3 is 20.5 Å². The van der Waals surface area contributed by atoms with E-state index < -0.39 is 0 Å². The monoisotopic (exact) mass is 260 g/mol. The van der Waals surface area contributed by atoms with Gasteiger partial charge in [-0.25, -0.2) is 9.97 Å². The Morgan fingerprint density at radius 1 is 1.24 bits per heavy atom. The molecule has 0 spiro atoms. The molecule has 0 amide bonds. The Bertz CT molecular complexity index is 314. The van der Waals surface area contributed by atoms with E-state index in [2.05, 4.69) is 15.3 Å². The van der Waals surface area contributed by atoms with Gasteiger partial charge in [-0.1, -0.05) is 11.6 Å². The summed E-state index contributed by atoms with van der Waals surface area (Å²) in [6.45, 7) is 3.40. The molecule has 0 aliphatic carbocycles. The van der Waals surface area contributed by atoms with E-state index in [1.54, 1.807) is 12.3 Å². The molecule has 1 rings (SSSR count). The molecule has 1 aromatic rings. The first kappa shape index (κ1) is 14.1. The summed E-state index contributed by atoms with van der Waals surface area (Å²) in [5.74, 6) is 0.500. The quantitative estimate of drug-likeness (QED) is 0.498. The molecule has 1 aromatic heterocycles. The Hall–Kier alpha value is -0.950. The van der Waals surface area contributed by atoms with Crippen LogP contribution in [0.1, 0.15) is 0 Å². The van der Waals surface area contributed by atoms with Gasteiger partial charge >= 0.3 is 0 Å². The predicted octanol–water partition coefficient (Wildman–Crippen LogP) is 0.534. The topological polar surface area (TPSA) is 82.3 Å². The molecule has 3 N–H and O–H groups in total. The number of hydrogen-bond donors (Lipinski definition) is 2. The van der Waals surface area contributed by atoms with Gasteiger partial charge in [0.2, 0.25) is 5.95 Å². The van der Waals surface area contributed by atoms with Gasteiger partial charge in [-0.2, -0.15) is 0 Å². The lowest BCUT2D eigenvalue weighted by atomic mass is 10.6. The van der Waals surface area contributed by atoms with Crippen LogP contribution in [0.5, 0.6) is 0 Å². The zero-order chi connectivity index (χ0) is 12.3. The molecular weight excluding hydrogens is 244 g/mol. The maximum atomic E-state index is 5.71. The second-order valence-corrected chi connectivity index (χ2v) is 3.53. The van der Waals surface area contributed by atoms with Crippen LogP contribution < -0.4 is 11.1 Å². The fourth-order valence-electron chi connectivity index (χ4n) is 1.06. The van der Waals surface area contributed by atoms with Crippen molar-refractivity contribution in [2.24, 2.45) is 5.73 Å². The SMILES string of the molecule is NCCOCCOCCNc1nccc(Cl)n1. The van der Waals surface area contributed by atoms with Gasteiger partial charge in [0.15, 0.2) is 0 Å². The average Bonchev–Trinajstić information content (AvgIpc) is 2.33. The van der Waals surface area contributed by atoms with Crippen LogP contribution in [-0.2, 0) is 9.47 Å². The van der Waals surface area contributed by atoms with E-state index in [1.807, 2.05) is 0 Å². The number of anilines is 1. The van der Waals surface area contributed by atoms with Crippen LogP contribution in [0.4, 0.5) is 5.95 Å². The van der Waals surface area contributed by atoms with Crippen molar-refractivity contribution in [2.45, 2.75) is 0 Å². The van der Waals surface area contributed by atoms with Crippen molar-refractivity contribution < 1.29 is 9.47 Å². The summed E-state index contributed by atoms with van der Waals surface area (Å²) in [5.41, 5.74) is 5.27. The molecule has 0 saturated carbocycles. The van der Waals surface area contributed by atoms with Gasteiger partial charge in [0.25, 0.3) is 0 Å². The molecule has 0 saturated heterocycles. The highest BCUT2D eigenvalue weighted by molar-refractivity contribution is 6.29. The highest BCUT2D eigenvalue weighted by atomic mass is 35.5. The maximum absolute atomic E-state index is 5.71. The van der Waals surface area contributed by atoms with Crippen LogP contribution in [0.2, 0.25) is 5.15 Å². The third-order valence-corrected chi connectivity index (χ3v) is 2.00. The van der Waals surface area contributed by atoms with Crippen molar-refractivity contribution in [1.82, 2.24) is 9.97 Å². The molecule has 7 heteroatoms. The summed E-state index contributed by atoms with van der Waals surface area (Å²) >= 11 is 5.71. The van der Waals surface area contributed by atoms with Crippen LogP contribution in [0.3, 0.4) is 0 Å². The lowest BCUT2D eigenvalue weighted by molar-refractivity contribution is 0.0547. The van der Waals surface area contributed by atoms with Gasteiger partial charge in [0.05, 0.1) is 26.4 Å². The first-order valence-electron chi connectivity index (χ1n) is 5.41. The zero-order valence-electron chi connectivity index (χ0n) is 9.56. The van der Waals surface area contributed by atoms with Crippen LogP contribution in [0, 0.1) is 0 Å². The second-order valence-electron chi connectivity index (χ2n) is 3.14. The molecule has 1 heterocycles. The van der Waals surface area contributed by atoms with Crippen molar-refractivity contribution >= 4 is 17.5 Å². The molecule has 6 nitrogen and oxygen atoms in total. The first-order chi connectivity index (χ1) is 8.33. The summed E-state index contributed by atoms with van der Waals surface area (Å²) in [6.07, 6.45) is 1.60. The Kier molecular flexibility index (Phi) is 7.57. The third-order valence-electron chi connectivity index (χ3n) is 1.79. The zero-order valence-corrected chi connectivity index (χ0v) is 10.3. The number of nitrogens with two attached hydrogens (primary N) is 1. The summed E-state index contributed by atoms with van der Waals surface area (Å²) in [6, 6.07) is 1.62. The summed E-state index contributed by atoms with van der Waals surface area (Å²) < 4.78 is 10.5. The van der Waals surface area contributed by atoms with Gasteiger partial charge in [0, 0.05) is 19.3 Å². The lowest BCUT2D eigenvalue weighted by Crippen LogP contribution is -2.15. The molecule has 0 atom stereocenters. The van der Waals surface area contributed by atoms with Crippen LogP contribution >= 0.6 is 11.6 Å². The number of halogens is 1. The van der Waals surface area contributed by atoms with Crippen LogP contribution in [-0.4, -0.2) is 49.5 Å². The predicted molar refractivity (Wildman–Crippen MR) is 66.2 cm³/mol. The van der Waals surface area contributed by atoms with Crippen molar-refractivity contribution in [3.63, 3.8) is 0 Å². The van der Waals surface area contributed by atoms with E-state index in [-0.39, 0.29) is 0 Å². The normalized spacial score (nSPS) is 10.5. The molecule has 0 aliphatic heterocycles. The number of nitrogens with zero attached hydrogens (tertiary/aromatic N) is 2. The van der Waals surface area contributed by atoms with Gasteiger partial charge in [-0.05, 0) is 6.07 Å². The fourth-order valence-corrected chi connectivity index (χ4v) is 1.20. The number of ether oxygens (including phenoxy) is 2. The number of rotatable bonds is 9. The lowest BCUT2D eigenvalue weighted by Gasteiger charge is -2.06. The van der Waals surface area contributed by atoms with E-state index in [0.29, 0.717) is 50.6 Å². The molecule has 0 aromatic carbocycles. The van der Waals surface area contributed by atoms with E-state index in [1.165, 1.54) is 0 Å². The molecule has 0 radical (unpaired) electrons. The van der Waals surface area contributed by atoms with Crippen LogP contribution in [0.25, 0.3) is 0 Å². The van der Waals surface area contributed by atoms with E-state index in [9.17, 15) is 0 Å². The standard InChI is InChI=1S/C10H17ClN4O2/c11-9-1-3-13-10(15-9)14-4-6-17-8-7-16-5-2-12/h1,3H,2,4-8,12H2,(H,13,14,15). The van der Waals surface area contributed by atoms with Crippen molar-refractivity contribution in [3.05, 3.63) is 17.4 Å². The highest BCUT2D eigenvalue weighted by Crippen LogP contribution is 2.04. The fraction of sp³-hybridized carbons (Fsp3) is 0.600. The molecule has 0 fully saturated rings. The molecule has 0 bridgehead atoms. The van der Waals surface area contributed by atoms with Crippen molar-refractivity contribution in [3.8, 4) is 0 Å². The Balaban J connectivity index is 1.97. The maximum Gasteiger partial charge on any atom is 0.224 e. The molecular formula is C10H17ClN4O2. The Labute approximate surface area is 105 Å². The smallest absolute Gasteiger partial charge is 0.224 e. The summed E-state index contributed by atoms with van der Waals surface area (Å²) in [5, 5.41) is 3.41. The number of aromatic nitrogens is 2. The Morgan fingerprint density at radius 3 is 2.71 bits per heavy atom. The van der Waals surface area contributed by atoms with Gasteiger partial charge in [-0.15, -0.1) is 0 Å². The van der Waals surface area contributed by atoms with Crippen LogP contribution in [0.15, 0.2) is 12.3 Å². The minimum atomic E-state index is 0.415. The Morgan fingerprint density at radius 2 is 2.00 bits per heavy atom. The average molecular weight is 261 g/mol. The first-order valence-corrected chi connectivity index (χ1v) is 5.78. The van der Waals surface area contributed by atoms with E-state index in [4.69, 9.17) is 26.8 Å². The molecule has 96 valence electrons. The number of nitrogens with one attached hydrogen (secondary N) is 1.